The first-order valence-electron chi connectivity index (χ1n) is 5.73. The van der Waals surface area contributed by atoms with Crippen LogP contribution in [0, 0.1) is 5.41 Å². The number of nitrogens with one attached hydrogen (secondary N) is 1. The Labute approximate surface area is 102 Å². The van der Waals surface area contributed by atoms with Crippen molar-refractivity contribution in [1.82, 2.24) is 15.1 Å². The van der Waals surface area contributed by atoms with Crippen LogP contribution in [-0.4, -0.2) is 35.9 Å². The number of aromatic nitrogens is 2. The molecule has 96 valence electrons. The Kier molecular flexibility index (Phi) is 4.69. The van der Waals surface area contributed by atoms with Gasteiger partial charge < -0.3 is 10.1 Å². The molecule has 1 aromatic rings. The quantitative estimate of drug-likeness (QED) is 0.588. The molecule has 5 nitrogen and oxygen atoms in total. The van der Waals surface area contributed by atoms with E-state index >= 15 is 0 Å². The molecule has 1 aromatic heterocycles. The lowest BCUT2D eigenvalue weighted by Crippen LogP contribution is -2.37. The highest BCUT2D eigenvalue weighted by Gasteiger charge is 2.27. The lowest BCUT2D eigenvalue weighted by molar-refractivity contribution is -0.150. The van der Waals surface area contributed by atoms with E-state index in [1.165, 1.54) is 7.11 Å². The average molecular weight is 239 g/mol. The van der Waals surface area contributed by atoms with Crippen LogP contribution >= 0.6 is 0 Å². The third-order valence-electron chi connectivity index (χ3n) is 2.63. The Morgan fingerprint density at radius 2 is 2.29 bits per heavy atom. The largest absolute Gasteiger partial charge is 0.469 e. The van der Waals surface area contributed by atoms with E-state index < -0.39 is 5.41 Å². The smallest absolute Gasteiger partial charge is 0.312 e. The molecule has 0 aliphatic carbocycles. The first kappa shape index (κ1) is 13.7. The number of rotatable bonds is 6. The van der Waals surface area contributed by atoms with Crippen molar-refractivity contribution in [2.75, 3.05) is 20.2 Å². The maximum Gasteiger partial charge on any atom is 0.312 e. The minimum atomic E-state index is -0.487. The van der Waals surface area contributed by atoms with Gasteiger partial charge in [0.15, 0.2) is 0 Å². The van der Waals surface area contributed by atoms with Gasteiger partial charge in [0.1, 0.15) is 0 Å². The van der Waals surface area contributed by atoms with E-state index in [0.717, 1.165) is 18.7 Å². The predicted molar refractivity (Wildman–Crippen MR) is 65.6 cm³/mol. The van der Waals surface area contributed by atoms with E-state index in [1.54, 1.807) is 4.68 Å². The van der Waals surface area contributed by atoms with E-state index in [1.807, 2.05) is 33.2 Å². The zero-order chi connectivity index (χ0) is 12.9. The van der Waals surface area contributed by atoms with Crippen LogP contribution in [0.4, 0.5) is 0 Å². The summed E-state index contributed by atoms with van der Waals surface area (Å²) in [5.74, 6) is -0.192. The van der Waals surface area contributed by atoms with Crippen molar-refractivity contribution in [3.05, 3.63) is 18.0 Å². The van der Waals surface area contributed by atoms with Crippen LogP contribution in [0.1, 0.15) is 19.5 Å². The Morgan fingerprint density at radius 1 is 1.59 bits per heavy atom. The molecule has 0 atom stereocenters. The van der Waals surface area contributed by atoms with Crippen molar-refractivity contribution < 1.29 is 9.53 Å². The number of methoxy groups -OCH3 is 1. The van der Waals surface area contributed by atoms with Crippen LogP contribution in [0.3, 0.4) is 0 Å². The highest BCUT2D eigenvalue weighted by Crippen LogP contribution is 2.15. The van der Waals surface area contributed by atoms with Gasteiger partial charge in [-0.15, -0.1) is 0 Å². The zero-order valence-corrected chi connectivity index (χ0v) is 11.0. The number of ether oxygens (including phenoxy) is 1. The second kappa shape index (κ2) is 5.82. The molecule has 1 N–H and O–H groups in total. The summed E-state index contributed by atoms with van der Waals surface area (Å²) in [6.07, 6.45) is 2.78. The van der Waals surface area contributed by atoms with Gasteiger partial charge in [-0.25, -0.2) is 0 Å². The predicted octanol–water partition coefficient (Wildman–Crippen LogP) is 0.751. The molecular weight excluding hydrogens is 218 g/mol. The summed E-state index contributed by atoms with van der Waals surface area (Å²) in [7, 11) is 3.31. The number of esters is 1. The van der Waals surface area contributed by atoms with Crippen molar-refractivity contribution in [3.8, 4) is 0 Å². The lowest BCUT2D eigenvalue weighted by Gasteiger charge is -2.21. The van der Waals surface area contributed by atoms with Crippen molar-refractivity contribution in [2.45, 2.75) is 20.3 Å². The summed E-state index contributed by atoms with van der Waals surface area (Å²) < 4.78 is 6.52. The van der Waals surface area contributed by atoms with Gasteiger partial charge in [0.2, 0.25) is 0 Å². The number of hydrogen-bond acceptors (Lipinski definition) is 4. The molecule has 0 saturated carbocycles. The van der Waals surface area contributed by atoms with E-state index in [2.05, 4.69) is 10.4 Å². The van der Waals surface area contributed by atoms with Gasteiger partial charge in [0, 0.05) is 32.8 Å². The van der Waals surface area contributed by atoms with Crippen molar-refractivity contribution >= 4 is 5.97 Å². The molecule has 0 aliphatic heterocycles. The molecule has 1 rings (SSSR count). The fourth-order valence-electron chi connectivity index (χ4n) is 1.56. The second-order valence-electron chi connectivity index (χ2n) is 4.78. The summed E-state index contributed by atoms with van der Waals surface area (Å²) in [6.45, 7) is 5.14. The van der Waals surface area contributed by atoms with Gasteiger partial charge in [0.25, 0.3) is 0 Å². The Morgan fingerprint density at radius 3 is 2.82 bits per heavy atom. The van der Waals surface area contributed by atoms with Crippen LogP contribution in [0.5, 0.6) is 0 Å². The van der Waals surface area contributed by atoms with Crippen LogP contribution in [0.2, 0.25) is 0 Å². The third-order valence-corrected chi connectivity index (χ3v) is 2.63. The molecule has 0 fully saturated rings. The Hall–Kier alpha value is -1.36. The molecule has 5 heteroatoms. The number of carbonyl (C=O) groups is 1. The van der Waals surface area contributed by atoms with Gasteiger partial charge in [-0.05, 0) is 19.9 Å². The van der Waals surface area contributed by atoms with Gasteiger partial charge in [-0.3, -0.25) is 9.48 Å². The number of aryl methyl sites for hydroxylation is 1. The van der Waals surface area contributed by atoms with Crippen molar-refractivity contribution in [1.29, 1.82) is 0 Å². The first-order valence-corrected chi connectivity index (χ1v) is 5.73. The molecule has 0 radical (unpaired) electrons. The highest BCUT2D eigenvalue weighted by atomic mass is 16.5. The number of carbonyl (C=O) groups excluding carboxylic acids is 1. The minimum absolute atomic E-state index is 0.192. The molecule has 0 aliphatic rings. The molecule has 0 unspecified atom stereocenters. The standard InChI is InChI=1S/C12H21N3O2/c1-12(2,11(16)17-4)9-13-7-5-10-6-8-15(3)14-10/h6,8,13H,5,7,9H2,1-4H3. The second-order valence-corrected chi connectivity index (χ2v) is 4.78. The van der Waals surface area contributed by atoms with Gasteiger partial charge in [-0.2, -0.15) is 5.10 Å². The Balaban J connectivity index is 2.26. The fourth-order valence-corrected chi connectivity index (χ4v) is 1.56. The number of hydrogen-bond donors (Lipinski definition) is 1. The van der Waals surface area contributed by atoms with E-state index in [-0.39, 0.29) is 5.97 Å². The van der Waals surface area contributed by atoms with Gasteiger partial charge in [0.05, 0.1) is 18.2 Å². The molecule has 0 amide bonds. The van der Waals surface area contributed by atoms with Crippen LogP contribution in [-0.2, 0) is 23.0 Å². The van der Waals surface area contributed by atoms with E-state index in [0.29, 0.717) is 6.54 Å². The number of nitrogens with zero attached hydrogens (tertiary/aromatic N) is 2. The van der Waals surface area contributed by atoms with E-state index in [4.69, 9.17) is 4.74 Å². The summed E-state index contributed by atoms with van der Waals surface area (Å²) in [5, 5.41) is 7.53. The van der Waals surface area contributed by atoms with Crippen LogP contribution in [0.15, 0.2) is 12.3 Å². The summed E-state index contributed by atoms with van der Waals surface area (Å²) >= 11 is 0. The van der Waals surface area contributed by atoms with E-state index in [9.17, 15) is 4.79 Å². The third kappa shape index (κ3) is 4.19. The minimum Gasteiger partial charge on any atom is -0.469 e. The van der Waals surface area contributed by atoms with Gasteiger partial charge in [-0.1, -0.05) is 0 Å². The van der Waals surface area contributed by atoms with Crippen LogP contribution in [0.25, 0.3) is 0 Å². The van der Waals surface area contributed by atoms with Crippen LogP contribution < -0.4 is 5.32 Å². The summed E-state index contributed by atoms with van der Waals surface area (Å²) in [6, 6.07) is 1.99. The Bertz CT molecular complexity index is 372. The molecule has 0 spiro atoms. The zero-order valence-electron chi connectivity index (χ0n) is 11.0. The molecular formula is C12H21N3O2. The molecule has 0 saturated heterocycles. The maximum atomic E-state index is 11.4. The summed E-state index contributed by atoms with van der Waals surface area (Å²) in [4.78, 5) is 11.4. The maximum absolute atomic E-state index is 11.4. The molecule has 1 heterocycles. The topological polar surface area (TPSA) is 56.1 Å². The summed E-state index contributed by atoms with van der Waals surface area (Å²) in [5.41, 5.74) is 0.564. The highest BCUT2D eigenvalue weighted by molar-refractivity contribution is 5.76. The SMILES string of the molecule is COC(=O)C(C)(C)CNCCc1ccn(C)n1. The average Bonchev–Trinajstić information content (AvgIpc) is 2.69. The molecule has 0 bridgehead atoms. The fraction of sp³-hybridized carbons (Fsp3) is 0.667. The normalized spacial score (nSPS) is 11.5. The monoisotopic (exact) mass is 239 g/mol. The van der Waals surface area contributed by atoms with Gasteiger partial charge >= 0.3 is 5.97 Å². The molecule has 0 aromatic carbocycles. The first-order chi connectivity index (χ1) is 7.95. The lowest BCUT2D eigenvalue weighted by atomic mass is 9.94. The van der Waals surface area contributed by atoms with Crippen molar-refractivity contribution in [2.24, 2.45) is 12.5 Å². The van der Waals surface area contributed by atoms with Crippen molar-refractivity contribution in [3.63, 3.8) is 0 Å². The molecule has 17 heavy (non-hydrogen) atoms.